The van der Waals surface area contributed by atoms with Gasteiger partial charge >= 0.3 is 0 Å². The molecule has 0 aliphatic carbocycles. The zero-order chi connectivity index (χ0) is 20.6. The molecule has 154 valence electrons. The van der Waals surface area contributed by atoms with Crippen LogP contribution in [-0.2, 0) is 11.3 Å². The summed E-state index contributed by atoms with van der Waals surface area (Å²) >= 11 is 0. The molecule has 1 aliphatic rings. The summed E-state index contributed by atoms with van der Waals surface area (Å²) in [5.41, 5.74) is 1.81. The normalized spacial score (nSPS) is 16.8. The van der Waals surface area contributed by atoms with Crippen LogP contribution in [0.2, 0.25) is 0 Å². The molecule has 29 heavy (non-hydrogen) atoms. The number of benzene rings is 1. The van der Waals surface area contributed by atoms with E-state index in [0.29, 0.717) is 18.7 Å². The molecule has 0 bridgehead atoms. The average Bonchev–Trinajstić information content (AvgIpc) is 2.78. The fourth-order valence-corrected chi connectivity index (χ4v) is 3.57. The van der Waals surface area contributed by atoms with Gasteiger partial charge in [-0.1, -0.05) is 38.5 Å². The Morgan fingerprint density at radius 2 is 1.69 bits per heavy atom. The Morgan fingerprint density at radius 1 is 1.03 bits per heavy atom. The summed E-state index contributed by atoms with van der Waals surface area (Å²) in [6.07, 6.45) is 4.44. The van der Waals surface area contributed by atoms with E-state index in [4.69, 9.17) is 0 Å². The third-order valence-corrected chi connectivity index (χ3v) is 5.64. The maximum Gasteiger partial charge on any atom is 0.251 e. The third-order valence-electron chi connectivity index (χ3n) is 5.64. The van der Waals surface area contributed by atoms with Crippen LogP contribution in [0.25, 0.3) is 0 Å². The molecule has 2 atom stereocenters. The third kappa shape index (κ3) is 5.64. The van der Waals surface area contributed by atoms with Crippen LogP contribution in [0.5, 0.6) is 0 Å². The van der Waals surface area contributed by atoms with Crippen molar-refractivity contribution in [2.24, 2.45) is 5.92 Å². The van der Waals surface area contributed by atoms with Crippen molar-refractivity contribution in [2.75, 3.05) is 26.2 Å². The van der Waals surface area contributed by atoms with E-state index in [1.807, 2.05) is 49.1 Å². The van der Waals surface area contributed by atoms with Gasteiger partial charge in [0.15, 0.2) is 0 Å². The Labute approximate surface area is 172 Å². The van der Waals surface area contributed by atoms with Gasteiger partial charge in [-0.15, -0.1) is 0 Å². The van der Waals surface area contributed by atoms with Gasteiger partial charge in [-0.2, -0.15) is 0 Å². The molecular weight excluding hydrogens is 364 g/mol. The number of carbonyl (C=O) groups excluding carboxylic acids is 2. The number of rotatable bonds is 7. The van der Waals surface area contributed by atoms with Crippen molar-refractivity contribution in [2.45, 2.75) is 32.9 Å². The highest BCUT2D eigenvalue weighted by molar-refractivity contribution is 5.97. The van der Waals surface area contributed by atoms with Crippen LogP contribution >= 0.6 is 0 Å². The zero-order valence-corrected chi connectivity index (χ0v) is 17.3. The van der Waals surface area contributed by atoms with Gasteiger partial charge in [0, 0.05) is 50.7 Å². The van der Waals surface area contributed by atoms with Gasteiger partial charge in [-0.05, 0) is 35.7 Å². The predicted octanol–water partition coefficient (Wildman–Crippen LogP) is 2.57. The lowest BCUT2D eigenvalue weighted by Crippen LogP contribution is -2.56. The molecule has 0 saturated carbocycles. The van der Waals surface area contributed by atoms with Crippen molar-refractivity contribution in [3.05, 3.63) is 66.0 Å². The standard InChI is InChI=1S/C23H30N4O2/c1-3-18(2)21(25-22(28)20-7-5-4-6-8-20)23(29)27-15-13-26(14-16-27)17-19-9-11-24-12-10-19/h4-12,18,21H,3,13-17H2,1-2H3,(H,25,28). The number of aromatic nitrogens is 1. The van der Waals surface area contributed by atoms with Crippen LogP contribution < -0.4 is 5.32 Å². The molecule has 2 aromatic rings. The smallest absolute Gasteiger partial charge is 0.251 e. The van der Waals surface area contributed by atoms with Crippen LogP contribution in [-0.4, -0.2) is 58.8 Å². The SMILES string of the molecule is CCC(C)C(NC(=O)c1ccccc1)C(=O)N1CCN(Cc2ccncc2)CC1. The van der Waals surface area contributed by atoms with Gasteiger partial charge in [0.05, 0.1) is 0 Å². The Morgan fingerprint density at radius 3 is 2.31 bits per heavy atom. The molecule has 2 unspecified atom stereocenters. The predicted molar refractivity (Wildman–Crippen MR) is 113 cm³/mol. The fraction of sp³-hybridized carbons (Fsp3) is 0.435. The molecule has 1 saturated heterocycles. The molecule has 6 heteroatoms. The van der Waals surface area contributed by atoms with E-state index in [1.165, 1.54) is 5.56 Å². The number of carbonyl (C=O) groups is 2. The van der Waals surface area contributed by atoms with Crippen LogP contribution in [0, 0.1) is 5.92 Å². The Balaban J connectivity index is 1.59. The monoisotopic (exact) mass is 394 g/mol. The van der Waals surface area contributed by atoms with Crippen LogP contribution in [0.1, 0.15) is 36.2 Å². The number of hydrogen-bond donors (Lipinski definition) is 1. The van der Waals surface area contributed by atoms with E-state index in [0.717, 1.165) is 26.1 Å². The average molecular weight is 395 g/mol. The number of nitrogens with zero attached hydrogens (tertiary/aromatic N) is 3. The topological polar surface area (TPSA) is 65.5 Å². The second-order valence-electron chi connectivity index (χ2n) is 7.66. The molecular formula is C23H30N4O2. The second-order valence-corrected chi connectivity index (χ2v) is 7.66. The van der Waals surface area contributed by atoms with Crippen molar-refractivity contribution < 1.29 is 9.59 Å². The quantitative estimate of drug-likeness (QED) is 0.784. The Bertz CT molecular complexity index is 789. The molecule has 1 aliphatic heterocycles. The maximum atomic E-state index is 13.2. The van der Waals surface area contributed by atoms with Crippen LogP contribution in [0.15, 0.2) is 54.9 Å². The van der Waals surface area contributed by atoms with Crippen molar-refractivity contribution >= 4 is 11.8 Å². The highest BCUT2D eigenvalue weighted by Gasteiger charge is 2.31. The van der Waals surface area contributed by atoms with Crippen molar-refractivity contribution in [1.82, 2.24) is 20.1 Å². The number of nitrogens with one attached hydrogen (secondary N) is 1. The first-order chi connectivity index (χ1) is 14.1. The molecule has 1 N–H and O–H groups in total. The van der Waals surface area contributed by atoms with Gasteiger partial charge in [0.25, 0.3) is 5.91 Å². The van der Waals surface area contributed by atoms with Crippen molar-refractivity contribution in [1.29, 1.82) is 0 Å². The van der Waals surface area contributed by atoms with Gasteiger partial charge < -0.3 is 10.2 Å². The first-order valence-corrected chi connectivity index (χ1v) is 10.3. The van der Waals surface area contributed by atoms with Crippen LogP contribution in [0.4, 0.5) is 0 Å². The number of piperazine rings is 1. The van der Waals surface area contributed by atoms with Crippen molar-refractivity contribution in [3.63, 3.8) is 0 Å². The van der Waals surface area contributed by atoms with Crippen molar-refractivity contribution in [3.8, 4) is 0 Å². The maximum absolute atomic E-state index is 13.2. The van der Waals surface area contributed by atoms with E-state index < -0.39 is 6.04 Å². The number of hydrogen-bond acceptors (Lipinski definition) is 4. The second kappa shape index (κ2) is 10.2. The minimum absolute atomic E-state index is 0.0205. The Kier molecular flexibility index (Phi) is 7.36. The van der Waals surface area contributed by atoms with Crippen LogP contribution in [0.3, 0.4) is 0 Å². The minimum Gasteiger partial charge on any atom is -0.340 e. The van der Waals surface area contributed by atoms with E-state index in [9.17, 15) is 9.59 Å². The number of pyridine rings is 1. The minimum atomic E-state index is -0.501. The molecule has 0 radical (unpaired) electrons. The summed E-state index contributed by atoms with van der Waals surface area (Å²) < 4.78 is 0. The molecule has 2 amide bonds. The largest absolute Gasteiger partial charge is 0.340 e. The van der Waals surface area contributed by atoms with E-state index in [2.05, 4.69) is 15.2 Å². The summed E-state index contributed by atoms with van der Waals surface area (Å²) in [6.45, 7) is 7.95. The van der Waals surface area contributed by atoms with Gasteiger partial charge in [-0.3, -0.25) is 19.5 Å². The molecule has 3 rings (SSSR count). The highest BCUT2D eigenvalue weighted by atomic mass is 16.2. The molecule has 6 nitrogen and oxygen atoms in total. The first kappa shape index (κ1) is 21.0. The van der Waals surface area contributed by atoms with E-state index >= 15 is 0 Å². The van der Waals surface area contributed by atoms with Gasteiger partial charge in [0.2, 0.25) is 5.91 Å². The zero-order valence-electron chi connectivity index (χ0n) is 17.3. The van der Waals surface area contributed by atoms with Gasteiger partial charge in [-0.25, -0.2) is 0 Å². The fourth-order valence-electron chi connectivity index (χ4n) is 3.57. The van der Waals surface area contributed by atoms with E-state index in [1.54, 1.807) is 24.5 Å². The summed E-state index contributed by atoms with van der Waals surface area (Å²) in [6, 6.07) is 12.6. The van der Waals surface area contributed by atoms with E-state index in [-0.39, 0.29) is 17.7 Å². The molecule has 1 aromatic carbocycles. The summed E-state index contributed by atoms with van der Waals surface area (Å²) in [5, 5.41) is 2.98. The summed E-state index contributed by atoms with van der Waals surface area (Å²) in [7, 11) is 0. The lowest BCUT2D eigenvalue weighted by Gasteiger charge is -2.37. The molecule has 1 fully saturated rings. The summed E-state index contributed by atoms with van der Waals surface area (Å²) in [4.78, 5) is 34.1. The number of amides is 2. The lowest BCUT2D eigenvalue weighted by molar-refractivity contribution is -0.136. The first-order valence-electron chi connectivity index (χ1n) is 10.3. The summed E-state index contributed by atoms with van der Waals surface area (Å²) in [5.74, 6) is -0.0993. The molecule has 1 aromatic heterocycles. The highest BCUT2D eigenvalue weighted by Crippen LogP contribution is 2.15. The van der Waals surface area contributed by atoms with Gasteiger partial charge in [0.1, 0.15) is 6.04 Å². The lowest BCUT2D eigenvalue weighted by atomic mass is 9.97. The molecule has 2 heterocycles. The Hall–Kier alpha value is -2.73. The molecule has 0 spiro atoms.